The third-order valence-corrected chi connectivity index (χ3v) is 3.83. The van der Waals surface area contributed by atoms with Crippen molar-refractivity contribution >= 4 is 23.6 Å². The van der Waals surface area contributed by atoms with Gasteiger partial charge in [0.1, 0.15) is 0 Å². The summed E-state index contributed by atoms with van der Waals surface area (Å²) in [5.41, 5.74) is 0.906. The van der Waals surface area contributed by atoms with Gasteiger partial charge < -0.3 is 10.6 Å². The monoisotopic (exact) mass is 345 g/mol. The number of carbonyl (C=O) groups is 4. The van der Waals surface area contributed by atoms with Gasteiger partial charge in [-0.3, -0.25) is 24.1 Å². The van der Waals surface area contributed by atoms with Gasteiger partial charge in [-0.25, -0.2) is 0 Å². The van der Waals surface area contributed by atoms with E-state index in [9.17, 15) is 19.2 Å². The van der Waals surface area contributed by atoms with Crippen molar-refractivity contribution < 1.29 is 19.2 Å². The Labute approximate surface area is 146 Å². The van der Waals surface area contributed by atoms with Crippen LogP contribution < -0.4 is 10.6 Å². The van der Waals surface area contributed by atoms with Crippen molar-refractivity contribution in [3.8, 4) is 0 Å². The lowest BCUT2D eigenvalue weighted by Gasteiger charge is -2.15. The standard InChI is InChI=1S/C18H23N3O4/c1-4-15(22)19-7-8-20-16(23)12-5-6-13-14(9-12)18(25)21(17(13)24)10-11(2)3/h5-6,9,11H,4,7-8,10H2,1-3H3,(H,19,22)(H,20,23). The van der Waals surface area contributed by atoms with E-state index < -0.39 is 0 Å². The maximum atomic E-state index is 12.4. The number of fused-ring (bicyclic) bond motifs is 1. The van der Waals surface area contributed by atoms with E-state index in [1.54, 1.807) is 6.92 Å². The molecule has 134 valence electrons. The number of benzene rings is 1. The maximum Gasteiger partial charge on any atom is 0.261 e. The highest BCUT2D eigenvalue weighted by atomic mass is 16.2. The van der Waals surface area contributed by atoms with E-state index in [2.05, 4.69) is 10.6 Å². The molecule has 0 bridgehead atoms. The van der Waals surface area contributed by atoms with Crippen LogP contribution in [0.5, 0.6) is 0 Å². The summed E-state index contributed by atoms with van der Waals surface area (Å²) in [6, 6.07) is 4.50. The highest BCUT2D eigenvalue weighted by Crippen LogP contribution is 2.24. The highest BCUT2D eigenvalue weighted by molar-refractivity contribution is 6.22. The van der Waals surface area contributed by atoms with Gasteiger partial charge in [0.2, 0.25) is 5.91 Å². The molecule has 2 rings (SSSR count). The SMILES string of the molecule is CCC(=O)NCCNC(=O)c1ccc2c(c1)C(=O)N(CC(C)C)C2=O. The van der Waals surface area contributed by atoms with Gasteiger partial charge in [-0.1, -0.05) is 20.8 Å². The minimum atomic E-state index is -0.362. The number of nitrogens with zero attached hydrogens (tertiary/aromatic N) is 1. The molecule has 0 fully saturated rings. The van der Waals surface area contributed by atoms with Gasteiger partial charge in [0.05, 0.1) is 11.1 Å². The normalized spacial score (nSPS) is 13.2. The van der Waals surface area contributed by atoms with Crippen molar-refractivity contribution in [3.05, 3.63) is 34.9 Å². The maximum absolute atomic E-state index is 12.4. The second kappa shape index (κ2) is 7.92. The molecule has 0 unspecified atom stereocenters. The van der Waals surface area contributed by atoms with Crippen molar-refractivity contribution in [1.82, 2.24) is 15.5 Å². The lowest BCUT2D eigenvalue weighted by molar-refractivity contribution is -0.120. The van der Waals surface area contributed by atoms with E-state index in [1.807, 2.05) is 13.8 Å². The van der Waals surface area contributed by atoms with E-state index in [4.69, 9.17) is 0 Å². The molecule has 7 nitrogen and oxygen atoms in total. The molecule has 0 spiro atoms. The van der Waals surface area contributed by atoms with Crippen molar-refractivity contribution in [1.29, 1.82) is 0 Å². The third kappa shape index (κ3) is 4.23. The molecule has 2 N–H and O–H groups in total. The summed E-state index contributed by atoms with van der Waals surface area (Å²) in [4.78, 5) is 49.2. The molecule has 0 radical (unpaired) electrons. The minimum absolute atomic E-state index is 0.0823. The number of imide groups is 1. The second-order valence-corrected chi connectivity index (χ2v) is 6.33. The summed E-state index contributed by atoms with van der Waals surface area (Å²) in [7, 11) is 0. The van der Waals surface area contributed by atoms with Gasteiger partial charge in [0, 0.05) is 31.6 Å². The molecular weight excluding hydrogens is 322 g/mol. The molecule has 25 heavy (non-hydrogen) atoms. The van der Waals surface area contributed by atoms with E-state index in [-0.39, 0.29) is 41.7 Å². The number of hydrogen-bond donors (Lipinski definition) is 2. The average molecular weight is 345 g/mol. The molecule has 1 aliphatic rings. The lowest BCUT2D eigenvalue weighted by atomic mass is 10.1. The molecule has 1 aromatic rings. The van der Waals surface area contributed by atoms with Crippen LogP contribution in [0.15, 0.2) is 18.2 Å². The summed E-state index contributed by atoms with van der Waals surface area (Å²) >= 11 is 0. The van der Waals surface area contributed by atoms with E-state index >= 15 is 0 Å². The third-order valence-electron chi connectivity index (χ3n) is 3.83. The van der Waals surface area contributed by atoms with Crippen LogP contribution in [0.1, 0.15) is 58.3 Å². The zero-order chi connectivity index (χ0) is 18.6. The Morgan fingerprint density at radius 3 is 2.32 bits per heavy atom. The lowest BCUT2D eigenvalue weighted by Crippen LogP contribution is -2.34. The fourth-order valence-electron chi connectivity index (χ4n) is 2.57. The predicted octanol–water partition coefficient (Wildman–Crippen LogP) is 1.19. The van der Waals surface area contributed by atoms with Crippen molar-refractivity contribution in [3.63, 3.8) is 0 Å². The molecule has 7 heteroatoms. The van der Waals surface area contributed by atoms with Crippen molar-refractivity contribution in [2.45, 2.75) is 27.2 Å². The van der Waals surface area contributed by atoms with Gasteiger partial charge >= 0.3 is 0 Å². The quantitative estimate of drug-likeness (QED) is 0.573. The first-order valence-electron chi connectivity index (χ1n) is 8.40. The fraction of sp³-hybridized carbons (Fsp3) is 0.444. The molecule has 0 aromatic heterocycles. The van der Waals surface area contributed by atoms with Crippen LogP contribution in [-0.2, 0) is 4.79 Å². The molecule has 0 saturated carbocycles. The molecule has 1 heterocycles. The van der Waals surface area contributed by atoms with Crippen LogP contribution in [0, 0.1) is 5.92 Å². The Bertz CT molecular complexity index is 712. The van der Waals surface area contributed by atoms with Crippen LogP contribution in [0.2, 0.25) is 0 Å². The Hall–Kier alpha value is -2.70. The first-order chi connectivity index (χ1) is 11.8. The molecule has 0 saturated heterocycles. The smallest absolute Gasteiger partial charge is 0.261 e. The Morgan fingerprint density at radius 2 is 1.68 bits per heavy atom. The summed E-state index contributed by atoms with van der Waals surface area (Å²) in [5, 5.41) is 5.33. The zero-order valence-electron chi connectivity index (χ0n) is 14.7. The van der Waals surface area contributed by atoms with Crippen LogP contribution in [0.4, 0.5) is 0 Å². The highest BCUT2D eigenvalue weighted by Gasteiger charge is 2.36. The van der Waals surface area contributed by atoms with Gasteiger partial charge in [0.15, 0.2) is 0 Å². The van der Waals surface area contributed by atoms with Crippen LogP contribution >= 0.6 is 0 Å². The van der Waals surface area contributed by atoms with Crippen LogP contribution in [0.25, 0.3) is 0 Å². The Morgan fingerprint density at radius 1 is 1.04 bits per heavy atom. The minimum Gasteiger partial charge on any atom is -0.354 e. The summed E-state index contributed by atoms with van der Waals surface area (Å²) < 4.78 is 0. The average Bonchev–Trinajstić information content (AvgIpc) is 2.82. The van der Waals surface area contributed by atoms with Crippen molar-refractivity contribution in [2.24, 2.45) is 5.92 Å². The Balaban J connectivity index is 2.03. The number of hydrogen-bond acceptors (Lipinski definition) is 4. The molecule has 0 aliphatic carbocycles. The molecule has 4 amide bonds. The Kier molecular flexibility index (Phi) is 5.90. The van der Waals surface area contributed by atoms with Gasteiger partial charge in [-0.2, -0.15) is 0 Å². The number of rotatable bonds is 7. The molecule has 0 atom stereocenters. The number of nitrogens with one attached hydrogen (secondary N) is 2. The molecular formula is C18H23N3O4. The van der Waals surface area contributed by atoms with Gasteiger partial charge in [-0.15, -0.1) is 0 Å². The fourth-order valence-corrected chi connectivity index (χ4v) is 2.57. The van der Waals surface area contributed by atoms with Gasteiger partial charge in [0.25, 0.3) is 17.7 Å². The summed E-state index contributed by atoms with van der Waals surface area (Å²) in [6.45, 7) is 6.58. The number of amides is 4. The second-order valence-electron chi connectivity index (χ2n) is 6.33. The van der Waals surface area contributed by atoms with Crippen LogP contribution in [0.3, 0.4) is 0 Å². The predicted molar refractivity (Wildman–Crippen MR) is 92.3 cm³/mol. The molecule has 1 aromatic carbocycles. The topological polar surface area (TPSA) is 95.6 Å². The first-order valence-corrected chi connectivity index (χ1v) is 8.40. The zero-order valence-corrected chi connectivity index (χ0v) is 14.7. The number of carbonyl (C=O) groups excluding carboxylic acids is 4. The van der Waals surface area contributed by atoms with Crippen molar-refractivity contribution in [2.75, 3.05) is 19.6 Å². The van der Waals surface area contributed by atoms with Crippen LogP contribution in [-0.4, -0.2) is 48.2 Å². The summed E-state index contributed by atoms with van der Waals surface area (Å²) in [6.07, 6.45) is 0.391. The summed E-state index contributed by atoms with van der Waals surface area (Å²) in [5.74, 6) is -0.943. The molecule has 1 aliphatic heterocycles. The van der Waals surface area contributed by atoms with E-state index in [1.165, 1.54) is 23.1 Å². The van der Waals surface area contributed by atoms with E-state index in [0.29, 0.717) is 30.6 Å². The van der Waals surface area contributed by atoms with E-state index in [0.717, 1.165) is 0 Å². The van der Waals surface area contributed by atoms with Gasteiger partial charge in [-0.05, 0) is 24.1 Å². The first kappa shape index (κ1) is 18.6. The largest absolute Gasteiger partial charge is 0.354 e.